The predicted octanol–water partition coefficient (Wildman–Crippen LogP) is 1.68. The molecule has 3 rings (SSSR count). The summed E-state index contributed by atoms with van der Waals surface area (Å²) < 4.78 is 5.18. The number of hydrogen-bond acceptors (Lipinski definition) is 5. The SMILES string of the molecule is Cc1ccc(-c2cc(C(=O)NCCCN3CCNCC3)on2)cc1. The third-order valence-electron chi connectivity index (χ3n) is 4.23. The van der Waals surface area contributed by atoms with Gasteiger partial charge in [-0.15, -0.1) is 0 Å². The van der Waals surface area contributed by atoms with Crippen molar-refractivity contribution in [1.82, 2.24) is 20.7 Å². The molecule has 0 spiro atoms. The van der Waals surface area contributed by atoms with E-state index >= 15 is 0 Å². The van der Waals surface area contributed by atoms with Crippen molar-refractivity contribution in [3.05, 3.63) is 41.7 Å². The summed E-state index contributed by atoms with van der Waals surface area (Å²) in [6.07, 6.45) is 0.935. The molecule has 1 aliphatic rings. The molecule has 2 heterocycles. The van der Waals surface area contributed by atoms with Gasteiger partial charge in [0, 0.05) is 44.4 Å². The van der Waals surface area contributed by atoms with Crippen LogP contribution in [-0.4, -0.2) is 55.2 Å². The van der Waals surface area contributed by atoms with Crippen molar-refractivity contribution in [3.8, 4) is 11.3 Å². The Hall–Kier alpha value is -2.18. The van der Waals surface area contributed by atoms with E-state index in [1.165, 1.54) is 5.56 Å². The topological polar surface area (TPSA) is 70.4 Å². The van der Waals surface area contributed by atoms with Crippen LogP contribution in [0.15, 0.2) is 34.9 Å². The normalized spacial score (nSPS) is 15.4. The Morgan fingerprint density at radius 3 is 2.79 bits per heavy atom. The molecule has 0 radical (unpaired) electrons. The molecule has 0 bridgehead atoms. The number of amides is 1. The highest BCUT2D eigenvalue weighted by Crippen LogP contribution is 2.19. The largest absolute Gasteiger partial charge is 0.350 e. The quantitative estimate of drug-likeness (QED) is 0.790. The van der Waals surface area contributed by atoms with E-state index in [4.69, 9.17) is 4.52 Å². The zero-order valence-corrected chi connectivity index (χ0v) is 14.0. The molecule has 2 aromatic rings. The lowest BCUT2D eigenvalue weighted by Crippen LogP contribution is -2.44. The molecule has 1 aromatic heterocycles. The first-order chi connectivity index (χ1) is 11.7. The number of rotatable bonds is 6. The Bertz CT molecular complexity index is 660. The minimum absolute atomic E-state index is 0.207. The second-order valence-corrected chi connectivity index (χ2v) is 6.14. The van der Waals surface area contributed by atoms with Crippen LogP contribution < -0.4 is 10.6 Å². The molecule has 1 saturated heterocycles. The van der Waals surface area contributed by atoms with E-state index < -0.39 is 0 Å². The number of aromatic nitrogens is 1. The maximum Gasteiger partial charge on any atom is 0.289 e. The van der Waals surface area contributed by atoms with Crippen molar-refractivity contribution >= 4 is 5.91 Å². The van der Waals surface area contributed by atoms with Crippen LogP contribution in [0.25, 0.3) is 11.3 Å². The van der Waals surface area contributed by atoms with Gasteiger partial charge in [0.25, 0.3) is 5.91 Å². The fraction of sp³-hybridized carbons (Fsp3) is 0.444. The molecule has 1 aromatic carbocycles. The Kier molecular flexibility index (Phi) is 5.61. The summed E-state index contributed by atoms with van der Waals surface area (Å²) in [5, 5.41) is 10.2. The van der Waals surface area contributed by atoms with Gasteiger partial charge in [-0.3, -0.25) is 4.79 Å². The Morgan fingerprint density at radius 1 is 1.29 bits per heavy atom. The molecule has 1 fully saturated rings. The van der Waals surface area contributed by atoms with Gasteiger partial charge in [-0.05, 0) is 19.9 Å². The summed E-state index contributed by atoms with van der Waals surface area (Å²) in [4.78, 5) is 14.5. The molecule has 128 valence electrons. The molecule has 1 aliphatic heterocycles. The van der Waals surface area contributed by atoms with Crippen molar-refractivity contribution in [2.75, 3.05) is 39.3 Å². The van der Waals surface area contributed by atoms with Gasteiger partial charge in [-0.25, -0.2) is 0 Å². The number of aryl methyl sites for hydroxylation is 1. The monoisotopic (exact) mass is 328 g/mol. The van der Waals surface area contributed by atoms with Crippen LogP contribution in [0.2, 0.25) is 0 Å². The molecule has 2 N–H and O–H groups in total. The first-order valence-corrected chi connectivity index (χ1v) is 8.47. The average molecular weight is 328 g/mol. The molecular weight excluding hydrogens is 304 g/mol. The molecule has 0 unspecified atom stereocenters. The van der Waals surface area contributed by atoms with Gasteiger partial charge in [0.1, 0.15) is 5.69 Å². The van der Waals surface area contributed by atoms with Crippen molar-refractivity contribution in [1.29, 1.82) is 0 Å². The number of nitrogens with zero attached hydrogens (tertiary/aromatic N) is 2. The van der Waals surface area contributed by atoms with Crippen LogP contribution in [0.3, 0.4) is 0 Å². The molecule has 0 aliphatic carbocycles. The van der Waals surface area contributed by atoms with Gasteiger partial charge in [0.05, 0.1) is 0 Å². The summed E-state index contributed by atoms with van der Waals surface area (Å²) in [5.41, 5.74) is 2.81. The first kappa shape index (κ1) is 16.7. The average Bonchev–Trinajstić information content (AvgIpc) is 3.10. The van der Waals surface area contributed by atoms with Gasteiger partial charge >= 0.3 is 0 Å². The van der Waals surface area contributed by atoms with Crippen LogP contribution >= 0.6 is 0 Å². The van der Waals surface area contributed by atoms with Crippen LogP contribution in [0.1, 0.15) is 22.5 Å². The maximum atomic E-state index is 12.1. The number of carbonyl (C=O) groups is 1. The summed E-state index contributed by atoms with van der Waals surface area (Å²) in [6.45, 7) is 7.94. The molecule has 0 atom stereocenters. The summed E-state index contributed by atoms with van der Waals surface area (Å²) in [5.74, 6) is 0.0499. The lowest BCUT2D eigenvalue weighted by Gasteiger charge is -2.26. The van der Waals surface area contributed by atoms with E-state index in [2.05, 4.69) is 20.7 Å². The van der Waals surface area contributed by atoms with Crippen LogP contribution in [0, 0.1) is 6.92 Å². The van der Waals surface area contributed by atoms with Crippen molar-refractivity contribution in [2.45, 2.75) is 13.3 Å². The van der Waals surface area contributed by atoms with Gasteiger partial charge in [-0.2, -0.15) is 0 Å². The summed E-state index contributed by atoms with van der Waals surface area (Å²) in [7, 11) is 0. The summed E-state index contributed by atoms with van der Waals surface area (Å²) in [6, 6.07) is 9.67. The van der Waals surface area contributed by atoms with Crippen LogP contribution in [0.5, 0.6) is 0 Å². The molecule has 0 saturated carbocycles. The van der Waals surface area contributed by atoms with Gasteiger partial charge in [0.2, 0.25) is 5.76 Å². The molecular formula is C18H24N4O2. The molecule has 1 amide bonds. The van der Waals surface area contributed by atoms with Crippen LogP contribution in [-0.2, 0) is 0 Å². The van der Waals surface area contributed by atoms with Gasteiger partial charge in [0.15, 0.2) is 0 Å². The lowest BCUT2D eigenvalue weighted by molar-refractivity contribution is 0.0914. The Balaban J connectivity index is 1.46. The Labute approximate surface area is 142 Å². The van der Waals surface area contributed by atoms with Gasteiger partial charge in [-0.1, -0.05) is 35.0 Å². The third kappa shape index (κ3) is 4.43. The van der Waals surface area contributed by atoms with E-state index in [0.29, 0.717) is 12.2 Å². The van der Waals surface area contributed by atoms with Crippen molar-refractivity contribution in [3.63, 3.8) is 0 Å². The highest BCUT2D eigenvalue weighted by atomic mass is 16.5. The number of nitrogens with one attached hydrogen (secondary N) is 2. The minimum atomic E-state index is -0.207. The predicted molar refractivity (Wildman–Crippen MR) is 92.9 cm³/mol. The second-order valence-electron chi connectivity index (χ2n) is 6.14. The fourth-order valence-corrected chi connectivity index (χ4v) is 2.77. The highest BCUT2D eigenvalue weighted by Gasteiger charge is 2.14. The van der Waals surface area contributed by atoms with E-state index in [1.807, 2.05) is 31.2 Å². The van der Waals surface area contributed by atoms with E-state index in [0.717, 1.165) is 44.7 Å². The lowest BCUT2D eigenvalue weighted by atomic mass is 10.1. The highest BCUT2D eigenvalue weighted by molar-refractivity contribution is 5.92. The molecule has 24 heavy (non-hydrogen) atoms. The minimum Gasteiger partial charge on any atom is -0.350 e. The summed E-state index contributed by atoms with van der Waals surface area (Å²) >= 11 is 0. The zero-order chi connectivity index (χ0) is 16.8. The van der Waals surface area contributed by atoms with Crippen molar-refractivity contribution < 1.29 is 9.32 Å². The first-order valence-electron chi connectivity index (χ1n) is 8.47. The fourth-order valence-electron chi connectivity index (χ4n) is 2.77. The molecule has 6 nitrogen and oxygen atoms in total. The van der Waals surface area contributed by atoms with Gasteiger partial charge < -0.3 is 20.1 Å². The second kappa shape index (κ2) is 8.08. The number of benzene rings is 1. The van der Waals surface area contributed by atoms with E-state index in [-0.39, 0.29) is 11.7 Å². The van der Waals surface area contributed by atoms with E-state index in [9.17, 15) is 4.79 Å². The standard InChI is InChI=1S/C18H24N4O2/c1-14-3-5-15(6-4-14)16-13-17(24-21-16)18(23)20-7-2-10-22-11-8-19-9-12-22/h3-6,13,19H,2,7-12H2,1H3,(H,20,23). The zero-order valence-electron chi connectivity index (χ0n) is 14.0. The number of piperazine rings is 1. The third-order valence-corrected chi connectivity index (χ3v) is 4.23. The van der Waals surface area contributed by atoms with E-state index in [1.54, 1.807) is 6.07 Å². The smallest absolute Gasteiger partial charge is 0.289 e. The maximum absolute atomic E-state index is 12.1. The Morgan fingerprint density at radius 2 is 2.04 bits per heavy atom. The number of carbonyl (C=O) groups excluding carboxylic acids is 1. The number of hydrogen-bond donors (Lipinski definition) is 2. The molecule has 6 heteroatoms. The van der Waals surface area contributed by atoms with Crippen LogP contribution in [0.4, 0.5) is 0 Å². The van der Waals surface area contributed by atoms with Crippen molar-refractivity contribution in [2.24, 2.45) is 0 Å².